The number of nitrogens with one attached hydrogen (secondary N) is 1. The molecule has 2 rings (SSSR count). The molecule has 3 N–H and O–H groups in total. The first-order valence-corrected chi connectivity index (χ1v) is 8.64. The largest absolute Gasteiger partial charge is 0.507 e. The van der Waals surface area contributed by atoms with E-state index in [4.69, 9.17) is 14.6 Å². The summed E-state index contributed by atoms with van der Waals surface area (Å²) in [7, 11) is 0. The molecule has 0 atom stereocenters. The lowest BCUT2D eigenvalue weighted by Gasteiger charge is -2.12. The Morgan fingerprint density at radius 1 is 1.26 bits per heavy atom. The van der Waals surface area contributed by atoms with Crippen molar-refractivity contribution in [2.75, 3.05) is 13.2 Å². The maximum atomic E-state index is 12.1. The van der Waals surface area contributed by atoms with E-state index in [1.807, 2.05) is 0 Å². The first kappa shape index (κ1) is 20.2. The van der Waals surface area contributed by atoms with Crippen LogP contribution >= 0.6 is 15.9 Å². The van der Waals surface area contributed by atoms with E-state index >= 15 is 0 Å². The van der Waals surface area contributed by atoms with Crippen LogP contribution in [0.3, 0.4) is 0 Å². The Bertz CT molecular complexity index is 869. The molecule has 0 spiro atoms. The number of hydrogen-bond donors (Lipinski definition) is 3. The van der Waals surface area contributed by atoms with Crippen LogP contribution in [0, 0.1) is 0 Å². The Balaban J connectivity index is 2.19. The van der Waals surface area contributed by atoms with E-state index in [9.17, 15) is 14.7 Å². The molecule has 0 bridgehead atoms. The van der Waals surface area contributed by atoms with Gasteiger partial charge in [-0.25, -0.2) is 10.2 Å². The summed E-state index contributed by atoms with van der Waals surface area (Å²) >= 11 is 3.22. The van der Waals surface area contributed by atoms with E-state index in [-0.39, 0.29) is 17.1 Å². The number of halogens is 1. The molecule has 0 unspecified atom stereocenters. The zero-order chi connectivity index (χ0) is 19.8. The molecule has 0 saturated heterocycles. The average molecular weight is 437 g/mol. The van der Waals surface area contributed by atoms with Crippen molar-refractivity contribution in [3.8, 4) is 17.2 Å². The van der Waals surface area contributed by atoms with Crippen LogP contribution in [-0.2, 0) is 4.79 Å². The maximum absolute atomic E-state index is 12.1. The molecule has 9 heteroatoms. The molecule has 0 heterocycles. The van der Waals surface area contributed by atoms with E-state index < -0.39 is 18.5 Å². The van der Waals surface area contributed by atoms with Crippen LogP contribution in [0.25, 0.3) is 0 Å². The van der Waals surface area contributed by atoms with Crippen LogP contribution < -0.4 is 14.9 Å². The van der Waals surface area contributed by atoms with Crippen molar-refractivity contribution in [1.29, 1.82) is 0 Å². The van der Waals surface area contributed by atoms with Gasteiger partial charge in [-0.2, -0.15) is 5.10 Å². The molecule has 1 amide bonds. The Labute approximate surface area is 163 Å². The van der Waals surface area contributed by atoms with Crippen LogP contribution in [0.4, 0.5) is 0 Å². The van der Waals surface area contributed by atoms with Gasteiger partial charge in [0.1, 0.15) is 5.75 Å². The molecular weight excluding hydrogens is 420 g/mol. The molecule has 0 saturated carbocycles. The number of nitrogens with zero attached hydrogens (tertiary/aromatic N) is 1. The van der Waals surface area contributed by atoms with Crippen molar-refractivity contribution in [3.05, 3.63) is 52.0 Å². The summed E-state index contributed by atoms with van der Waals surface area (Å²) in [6, 6.07) is 9.38. The quantitative estimate of drug-likeness (QED) is 0.432. The standard InChI is InChI=1S/C18H17BrN2O6/c1-2-26-15-5-3-4-11(17(15)27-10-16(23)24)9-20-21-18(25)13-8-12(19)6-7-14(13)22/h3-9,22H,2,10H2,1H3,(H,21,25)(H,23,24)/b20-9-. The number of rotatable bonds is 8. The van der Waals surface area contributed by atoms with Gasteiger partial charge in [-0.1, -0.05) is 22.0 Å². The van der Waals surface area contributed by atoms with Crippen LogP contribution in [0.2, 0.25) is 0 Å². The summed E-state index contributed by atoms with van der Waals surface area (Å²) in [6.45, 7) is 1.60. The summed E-state index contributed by atoms with van der Waals surface area (Å²) in [5, 5.41) is 22.4. The van der Waals surface area contributed by atoms with Crippen LogP contribution in [0.1, 0.15) is 22.8 Å². The normalized spacial score (nSPS) is 10.6. The fourth-order valence-electron chi connectivity index (χ4n) is 2.10. The number of hydrogen-bond acceptors (Lipinski definition) is 6. The van der Waals surface area contributed by atoms with Gasteiger partial charge in [-0.15, -0.1) is 0 Å². The highest BCUT2D eigenvalue weighted by Gasteiger charge is 2.13. The fraction of sp³-hybridized carbons (Fsp3) is 0.167. The predicted octanol–water partition coefficient (Wildman–Crippen LogP) is 2.78. The van der Waals surface area contributed by atoms with Crippen molar-refractivity contribution in [3.63, 3.8) is 0 Å². The zero-order valence-corrected chi connectivity index (χ0v) is 15.9. The number of aliphatic carboxylic acids is 1. The zero-order valence-electron chi connectivity index (χ0n) is 14.3. The third kappa shape index (κ3) is 5.71. The molecule has 0 radical (unpaired) electrons. The van der Waals surface area contributed by atoms with Gasteiger partial charge in [0.2, 0.25) is 0 Å². The van der Waals surface area contributed by atoms with Gasteiger partial charge in [0.25, 0.3) is 5.91 Å². The van der Waals surface area contributed by atoms with Crippen LogP contribution in [-0.4, -0.2) is 41.5 Å². The second-order valence-electron chi connectivity index (χ2n) is 5.15. The van der Waals surface area contributed by atoms with Gasteiger partial charge in [0, 0.05) is 10.0 Å². The summed E-state index contributed by atoms with van der Waals surface area (Å²) in [5.74, 6) is -1.37. The lowest BCUT2D eigenvalue weighted by atomic mass is 10.2. The van der Waals surface area contributed by atoms with Gasteiger partial charge in [-0.3, -0.25) is 4.79 Å². The van der Waals surface area contributed by atoms with Crippen molar-refractivity contribution < 1.29 is 29.3 Å². The molecule has 0 fully saturated rings. The first-order valence-electron chi connectivity index (χ1n) is 7.84. The van der Waals surface area contributed by atoms with Gasteiger partial charge < -0.3 is 19.7 Å². The minimum absolute atomic E-state index is 0.0481. The molecule has 2 aromatic carbocycles. The first-order chi connectivity index (χ1) is 12.9. The molecule has 0 aliphatic carbocycles. The smallest absolute Gasteiger partial charge is 0.341 e. The maximum Gasteiger partial charge on any atom is 0.341 e. The highest BCUT2D eigenvalue weighted by atomic mass is 79.9. The molecule has 27 heavy (non-hydrogen) atoms. The molecule has 2 aromatic rings. The summed E-state index contributed by atoms with van der Waals surface area (Å²) < 4.78 is 11.3. The number of carboxylic acid groups (broad SMARTS) is 1. The number of carbonyl (C=O) groups excluding carboxylic acids is 1. The number of hydrazone groups is 1. The third-order valence-corrected chi connectivity index (χ3v) is 3.72. The highest BCUT2D eigenvalue weighted by Crippen LogP contribution is 2.30. The molecular formula is C18H17BrN2O6. The summed E-state index contributed by atoms with van der Waals surface area (Å²) in [5.41, 5.74) is 2.76. The van der Waals surface area contributed by atoms with E-state index in [0.717, 1.165) is 0 Å². The second-order valence-corrected chi connectivity index (χ2v) is 6.07. The number of carbonyl (C=O) groups is 2. The molecule has 0 aliphatic rings. The second kappa shape index (κ2) is 9.58. The van der Waals surface area contributed by atoms with Crippen molar-refractivity contribution in [1.82, 2.24) is 5.43 Å². The number of ether oxygens (including phenoxy) is 2. The number of phenolic OH excluding ortho intramolecular Hbond substituents is 1. The lowest BCUT2D eigenvalue weighted by Crippen LogP contribution is -2.18. The highest BCUT2D eigenvalue weighted by molar-refractivity contribution is 9.10. The number of amides is 1. The monoisotopic (exact) mass is 436 g/mol. The number of benzene rings is 2. The summed E-state index contributed by atoms with van der Waals surface area (Å²) in [6.07, 6.45) is 1.30. The minimum atomic E-state index is -1.14. The molecule has 142 valence electrons. The predicted molar refractivity (Wildman–Crippen MR) is 102 cm³/mol. The van der Waals surface area contributed by atoms with Crippen molar-refractivity contribution >= 4 is 34.0 Å². The van der Waals surface area contributed by atoms with Gasteiger partial charge in [0.05, 0.1) is 18.4 Å². The van der Waals surface area contributed by atoms with Gasteiger partial charge in [0.15, 0.2) is 18.1 Å². The van der Waals surface area contributed by atoms with Crippen molar-refractivity contribution in [2.24, 2.45) is 5.10 Å². The topological polar surface area (TPSA) is 117 Å². The van der Waals surface area contributed by atoms with E-state index in [2.05, 4.69) is 26.5 Å². The van der Waals surface area contributed by atoms with Crippen LogP contribution in [0.5, 0.6) is 17.2 Å². The minimum Gasteiger partial charge on any atom is -0.507 e. The molecule has 0 aromatic heterocycles. The number of aromatic hydroxyl groups is 1. The number of phenols is 1. The lowest BCUT2D eigenvalue weighted by molar-refractivity contribution is -0.139. The number of carboxylic acids is 1. The van der Waals surface area contributed by atoms with Gasteiger partial charge >= 0.3 is 5.97 Å². The fourth-order valence-corrected chi connectivity index (χ4v) is 2.46. The Morgan fingerprint density at radius 2 is 2.04 bits per heavy atom. The average Bonchev–Trinajstić information content (AvgIpc) is 2.63. The van der Waals surface area contributed by atoms with Crippen molar-refractivity contribution in [2.45, 2.75) is 6.92 Å². The van der Waals surface area contributed by atoms with Crippen LogP contribution in [0.15, 0.2) is 46.0 Å². The SMILES string of the molecule is CCOc1cccc(/C=N\NC(=O)c2cc(Br)ccc2O)c1OCC(=O)O. The summed E-state index contributed by atoms with van der Waals surface area (Å²) in [4.78, 5) is 22.9. The Hall–Kier alpha value is -3.07. The third-order valence-electron chi connectivity index (χ3n) is 3.22. The molecule has 8 nitrogen and oxygen atoms in total. The molecule has 0 aliphatic heterocycles. The van der Waals surface area contributed by atoms with E-state index in [1.54, 1.807) is 31.2 Å². The Kier molecular flexibility index (Phi) is 7.18. The van der Waals surface area contributed by atoms with E-state index in [0.29, 0.717) is 22.4 Å². The van der Waals surface area contributed by atoms with Gasteiger partial charge in [-0.05, 0) is 37.3 Å². The van der Waals surface area contributed by atoms with E-state index in [1.165, 1.54) is 18.3 Å². The number of para-hydroxylation sites is 1. The Morgan fingerprint density at radius 3 is 2.74 bits per heavy atom.